The summed E-state index contributed by atoms with van der Waals surface area (Å²) in [6.07, 6.45) is -3.36. The lowest BCUT2D eigenvalue weighted by Gasteiger charge is -2.33. The van der Waals surface area contributed by atoms with Crippen molar-refractivity contribution in [3.05, 3.63) is 34.5 Å². The number of ether oxygens (including phenoxy) is 1. The van der Waals surface area contributed by atoms with E-state index in [0.29, 0.717) is 18.0 Å². The Morgan fingerprint density at radius 2 is 2.30 bits per heavy atom. The molecule has 10 heteroatoms. The number of hydrogen-bond donors (Lipinski definition) is 0. The normalized spacial score (nSPS) is 19.1. The number of nitrogens with zero attached hydrogens (tertiary/aromatic N) is 4. The smallest absolute Gasteiger partial charge is 0.377 e. The molecule has 1 amide bonds. The summed E-state index contributed by atoms with van der Waals surface area (Å²) in [4.78, 5) is 18.5. The summed E-state index contributed by atoms with van der Waals surface area (Å²) in [5, 5.41) is 5.64. The van der Waals surface area contributed by atoms with Crippen LogP contribution < -0.4 is 0 Å². The quantitative estimate of drug-likeness (QED) is 0.854. The highest BCUT2D eigenvalue weighted by Crippen LogP contribution is 2.25. The molecule has 0 unspecified atom stereocenters. The van der Waals surface area contributed by atoms with Crippen molar-refractivity contribution in [1.29, 1.82) is 0 Å². The first-order valence-corrected chi connectivity index (χ1v) is 7.70. The number of rotatable bonds is 3. The van der Waals surface area contributed by atoms with Crippen molar-refractivity contribution in [3.8, 4) is 0 Å². The van der Waals surface area contributed by atoms with E-state index < -0.39 is 18.8 Å². The topological polar surface area (TPSA) is 60.3 Å². The summed E-state index contributed by atoms with van der Waals surface area (Å²) in [5.74, 6) is -0.0423. The second-order valence-electron chi connectivity index (χ2n) is 4.98. The van der Waals surface area contributed by atoms with Crippen molar-refractivity contribution in [2.45, 2.75) is 18.8 Å². The van der Waals surface area contributed by atoms with Crippen LogP contribution in [0.2, 0.25) is 0 Å². The van der Waals surface area contributed by atoms with Gasteiger partial charge in [0.2, 0.25) is 0 Å². The second kappa shape index (κ2) is 6.28. The summed E-state index contributed by atoms with van der Waals surface area (Å²) in [6.45, 7) is -0.342. The second-order valence-corrected chi connectivity index (χ2v) is 5.93. The van der Waals surface area contributed by atoms with E-state index in [-0.39, 0.29) is 18.3 Å². The SMILES string of the molecule is O=C(c1cccs1)N1CCOC[C@H]1c1ncn(CC(F)(F)F)n1. The van der Waals surface area contributed by atoms with Gasteiger partial charge in [0.25, 0.3) is 5.91 Å². The van der Waals surface area contributed by atoms with Crippen molar-refractivity contribution in [3.63, 3.8) is 0 Å². The summed E-state index contributed by atoms with van der Waals surface area (Å²) in [7, 11) is 0. The lowest BCUT2D eigenvalue weighted by Crippen LogP contribution is -2.43. The first-order chi connectivity index (χ1) is 10.9. The monoisotopic (exact) mass is 346 g/mol. The van der Waals surface area contributed by atoms with Gasteiger partial charge >= 0.3 is 6.18 Å². The third-order valence-electron chi connectivity index (χ3n) is 3.31. The molecule has 1 aliphatic heterocycles. The first kappa shape index (κ1) is 15.9. The van der Waals surface area contributed by atoms with E-state index in [4.69, 9.17) is 4.74 Å². The van der Waals surface area contributed by atoms with Gasteiger partial charge in [0.1, 0.15) is 18.9 Å². The molecule has 3 rings (SSSR count). The number of carbonyl (C=O) groups excluding carboxylic acids is 1. The lowest BCUT2D eigenvalue weighted by atomic mass is 10.2. The molecule has 1 aliphatic rings. The molecule has 1 fully saturated rings. The van der Waals surface area contributed by atoms with Gasteiger partial charge < -0.3 is 9.64 Å². The van der Waals surface area contributed by atoms with Crippen molar-refractivity contribution < 1.29 is 22.7 Å². The van der Waals surface area contributed by atoms with Gasteiger partial charge in [-0.2, -0.15) is 18.3 Å². The molecule has 6 nitrogen and oxygen atoms in total. The zero-order valence-corrected chi connectivity index (χ0v) is 12.7. The maximum atomic E-state index is 12.5. The predicted octanol–water partition coefficient (Wildman–Crippen LogP) is 2.12. The molecule has 0 radical (unpaired) electrons. The van der Waals surface area contributed by atoms with Crippen LogP contribution in [0.4, 0.5) is 13.2 Å². The third-order valence-corrected chi connectivity index (χ3v) is 4.17. The molecule has 1 atom stereocenters. The van der Waals surface area contributed by atoms with Gasteiger partial charge in [0.05, 0.1) is 18.1 Å². The van der Waals surface area contributed by atoms with E-state index in [2.05, 4.69) is 10.1 Å². The van der Waals surface area contributed by atoms with Gasteiger partial charge in [-0.05, 0) is 11.4 Å². The summed E-state index contributed by atoms with van der Waals surface area (Å²) in [5.41, 5.74) is 0. The average Bonchev–Trinajstić information content (AvgIpc) is 3.16. The Labute approximate surface area is 133 Å². The fraction of sp³-hybridized carbons (Fsp3) is 0.462. The van der Waals surface area contributed by atoms with Gasteiger partial charge in [0, 0.05) is 6.54 Å². The zero-order chi connectivity index (χ0) is 16.4. The fourth-order valence-electron chi connectivity index (χ4n) is 2.32. The van der Waals surface area contributed by atoms with Gasteiger partial charge in [-0.15, -0.1) is 11.3 Å². The fourth-order valence-corrected chi connectivity index (χ4v) is 3.00. The Balaban J connectivity index is 1.80. The maximum Gasteiger partial charge on any atom is 0.408 e. The summed E-state index contributed by atoms with van der Waals surface area (Å²) in [6, 6.07) is 2.88. The van der Waals surface area contributed by atoms with Gasteiger partial charge in [-0.1, -0.05) is 6.07 Å². The molecule has 3 heterocycles. The van der Waals surface area contributed by atoms with Gasteiger partial charge in [-0.3, -0.25) is 4.79 Å². The minimum Gasteiger partial charge on any atom is -0.377 e. The Morgan fingerprint density at radius 1 is 1.48 bits per heavy atom. The van der Waals surface area contributed by atoms with Crippen LogP contribution in [-0.2, 0) is 11.3 Å². The van der Waals surface area contributed by atoms with Crippen LogP contribution in [0.3, 0.4) is 0 Å². The van der Waals surface area contributed by atoms with Crippen LogP contribution in [0, 0.1) is 0 Å². The van der Waals surface area contributed by atoms with Crippen LogP contribution in [0.25, 0.3) is 0 Å². The Hall–Kier alpha value is -1.94. The zero-order valence-electron chi connectivity index (χ0n) is 11.9. The van der Waals surface area contributed by atoms with Crippen LogP contribution in [0.5, 0.6) is 0 Å². The van der Waals surface area contributed by atoms with E-state index in [1.165, 1.54) is 11.3 Å². The Bertz CT molecular complexity index is 671. The minimum absolute atomic E-state index is 0.152. The maximum absolute atomic E-state index is 12.5. The number of thiophene rings is 1. The average molecular weight is 346 g/mol. The van der Waals surface area contributed by atoms with E-state index >= 15 is 0 Å². The number of halogens is 3. The standard InChI is InChI=1S/C13H13F3N4O2S/c14-13(15,16)7-19-8-17-11(18-19)9-6-22-4-3-20(9)12(21)10-2-1-5-23-10/h1-2,5,8-9H,3-4,6-7H2/t9-/m0/s1. The number of alkyl halides is 3. The van der Waals surface area contributed by atoms with Crippen molar-refractivity contribution in [2.75, 3.05) is 19.8 Å². The van der Waals surface area contributed by atoms with Crippen molar-refractivity contribution in [1.82, 2.24) is 19.7 Å². The summed E-state index contributed by atoms with van der Waals surface area (Å²) >= 11 is 1.31. The number of aromatic nitrogens is 3. The molecule has 1 saturated heterocycles. The minimum atomic E-state index is -4.37. The molecule has 0 aliphatic carbocycles. The van der Waals surface area contributed by atoms with Crippen LogP contribution in [-0.4, -0.2) is 51.5 Å². The molecule has 23 heavy (non-hydrogen) atoms. The van der Waals surface area contributed by atoms with Gasteiger partial charge in [-0.25, -0.2) is 9.67 Å². The Kier molecular flexibility index (Phi) is 4.35. The molecular formula is C13H13F3N4O2S. The predicted molar refractivity (Wildman–Crippen MR) is 75.0 cm³/mol. The van der Waals surface area contributed by atoms with E-state index in [1.807, 2.05) is 0 Å². The molecule has 124 valence electrons. The Morgan fingerprint density at radius 3 is 3.00 bits per heavy atom. The molecule has 0 spiro atoms. The molecule has 0 aromatic carbocycles. The van der Waals surface area contributed by atoms with Crippen molar-refractivity contribution in [2.24, 2.45) is 0 Å². The molecule has 0 bridgehead atoms. The molecule has 2 aromatic heterocycles. The molecular weight excluding hydrogens is 333 g/mol. The van der Waals surface area contributed by atoms with Crippen LogP contribution in [0.1, 0.15) is 21.5 Å². The number of hydrogen-bond acceptors (Lipinski definition) is 5. The third kappa shape index (κ3) is 3.70. The van der Waals surface area contributed by atoms with Crippen LogP contribution in [0.15, 0.2) is 23.8 Å². The van der Waals surface area contributed by atoms with E-state index in [0.717, 1.165) is 11.0 Å². The van der Waals surface area contributed by atoms with Gasteiger partial charge in [0.15, 0.2) is 5.82 Å². The largest absolute Gasteiger partial charge is 0.408 e. The number of morpholine rings is 1. The van der Waals surface area contributed by atoms with Crippen LogP contribution >= 0.6 is 11.3 Å². The van der Waals surface area contributed by atoms with E-state index in [1.54, 1.807) is 22.4 Å². The molecule has 2 aromatic rings. The molecule has 0 N–H and O–H groups in total. The highest BCUT2D eigenvalue weighted by atomic mass is 32.1. The highest BCUT2D eigenvalue weighted by molar-refractivity contribution is 7.12. The highest BCUT2D eigenvalue weighted by Gasteiger charge is 2.34. The number of amides is 1. The lowest BCUT2D eigenvalue weighted by molar-refractivity contribution is -0.142. The van der Waals surface area contributed by atoms with E-state index in [9.17, 15) is 18.0 Å². The number of carbonyl (C=O) groups is 1. The van der Waals surface area contributed by atoms with Crippen molar-refractivity contribution >= 4 is 17.2 Å². The molecule has 0 saturated carbocycles. The summed E-state index contributed by atoms with van der Waals surface area (Å²) < 4.78 is 43.3. The first-order valence-electron chi connectivity index (χ1n) is 6.82.